The van der Waals surface area contributed by atoms with Gasteiger partial charge in [-0.25, -0.2) is 0 Å². The fraction of sp³-hybridized carbons (Fsp3) is 0.429. The third-order valence-corrected chi connectivity index (χ3v) is 5.99. The first-order valence-corrected chi connectivity index (χ1v) is 8.38. The SMILES string of the molecule is CC(C)(C1CCCC1)C1c2ccccc2-c2ccccc21. The van der Waals surface area contributed by atoms with Crippen LogP contribution in [0.25, 0.3) is 11.1 Å². The Kier molecular flexibility index (Phi) is 2.96. The first kappa shape index (κ1) is 13.1. The average molecular weight is 276 g/mol. The molecule has 0 radical (unpaired) electrons. The molecule has 0 aromatic heterocycles. The lowest BCUT2D eigenvalue weighted by molar-refractivity contribution is 0.189. The van der Waals surface area contributed by atoms with Crippen LogP contribution in [0.15, 0.2) is 48.5 Å². The summed E-state index contributed by atoms with van der Waals surface area (Å²) in [4.78, 5) is 0. The monoisotopic (exact) mass is 276 g/mol. The molecule has 0 N–H and O–H groups in total. The molecule has 0 atom stereocenters. The van der Waals surface area contributed by atoms with E-state index in [4.69, 9.17) is 0 Å². The minimum atomic E-state index is 0.346. The van der Waals surface area contributed by atoms with Gasteiger partial charge in [0.1, 0.15) is 0 Å². The predicted octanol–water partition coefficient (Wildman–Crippen LogP) is 6.02. The van der Waals surface area contributed by atoms with Crippen LogP contribution in [0.4, 0.5) is 0 Å². The second-order valence-corrected chi connectivity index (χ2v) is 7.41. The molecule has 21 heavy (non-hydrogen) atoms. The summed E-state index contributed by atoms with van der Waals surface area (Å²) in [5, 5.41) is 0. The molecule has 0 heteroatoms. The third kappa shape index (κ3) is 1.88. The van der Waals surface area contributed by atoms with Gasteiger partial charge in [-0.1, -0.05) is 75.2 Å². The van der Waals surface area contributed by atoms with Crippen molar-refractivity contribution in [2.24, 2.45) is 11.3 Å². The van der Waals surface area contributed by atoms with Crippen LogP contribution < -0.4 is 0 Å². The Morgan fingerprint density at radius 1 is 0.762 bits per heavy atom. The van der Waals surface area contributed by atoms with Gasteiger partial charge in [0.2, 0.25) is 0 Å². The Labute approximate surface area is 128 Å². The summed E-state index contributed by atoms with van der Waals surface area (Å²) in [7, 11) is 0. The van der Waals surface area contributed by atoms with E-state index in [0.717, 1.165) is 5.92 Å². The first-order valence-electron chi connectivity index (χ1n) is 8.38. The maximum atomic E-state index is 2.51. The van der Waals surface area contributed by atoms with E-state index in [-0.39, 0.29) is 0 Å². The van der Waals surface area contributed by atoms with E-state index in [0.29, 0.717) is 11.3 Å². The summed E-state index contributed by atoms with van der Waals surface area (Å²) >= 11 is 0. The second-order valence-electron chi connectivity index (χ2n) is 7.41. The highest BCUT2D eigenvalue weighted by molar-refractivity contribution is 5.79. The number of benzene rings is 2. The molecule has 0 saturated heterocycles. The van der Waals surface area contributed by atoms with E-state index < -0.39 is 0 Å². The topological polar surface area (TPSA) is 0 Å². The number of hydrogen-bond acceptors (Lipinski definition) is 0. The minimum Gasteiger partial charge on any atom is -0.0619 e. The molecule has 0 spiro atoms. The minimum absolute atomic E-state index is 0.346. The van der Waals surface area contributed by atoms with Gasteiger partial charge in [0.05, 0.1) is 0 Å². The van der Waals surface area contributed by atoms with Gasteiger partial charge in [-0.2, -0.15) is 0 Å². The summed E-state index contributed by atoms with van der Waals surface area (Å²) in [6.45, 7) is 5.01. The molecule has 0 aliphatic heterocycles. The fourth-order valence-electron chi connectivity index (χ4n) is 4.86. The van der Waals surface area contributed by atoms with Gasteiger partial charge in [-0.15, -0.1) is 0 Å². The lowest BCUT2D eigenvalue weighted by Gasteiger charge is -2.39. The van der Waals surface area contributed by atoms with Crippen molar-refractivity contribution in [1.29, 1.82) is 0 Å². The van der Waals surface area contributed by atoms with E-state index in [1.807, 2.05) is 0 Å². The first-order chi connectivity index (χ1) is 10.2. The van der Waals surface area contributed by atoms with Crippen molar-refractivity contribution in [2.75, 3.05) is 0 Å². The van der Waals surface area contributed by atoms with Crippen LogP contribution in [-0.4, -0.2) is 0 Å². The summed E-state index contributed by atoms with van der Waals surface area (Å²) in [6, 6.07) is 18.1. The maximum Gasteiger partial charge on any atom is 0.0155 e. The van der Waals surface area contributed by atoms with Crippen molar-refractivity contribution in [3.63, 3.8) is 0 Å². The Morgan fingerprint density at radius 3 is 1.76 bits per heavy atom. The molecular weight excluding hydrogens is 252 g/mol. The quantitative estimate of drug-likeness (QED) is 0.629. The van der Waals surface area contributed by atoms with Crippen LogP contribution in [0.5, 0.6) is 0 Å². The van der Waals surface area contributed by atoms with E-state index in [2.05, 4.69) is 62.4 Å². The highest BCUT2D eigenvalue weighted by Crippen LogP contribution is 2.57. The average Bonchev–Trinajstić information content (AvgIpc) is 3.14. The molecule has 0 heterocycles. The standard InChI is InChI=1S/C21H24/c1-21(2,15-9-3-4-10-15)20-18-13-7-5-11-16(18)17-12-6-8-14-19(17)20/h5-8,11-15,20H,3-4,9-10H2,1-2H3. The van der Waals surface area contributed by atoms with Crippen LogP contribution in [0.2, 0.25) is 0 Å². The van der Waals surface area contributed by atoms with Crippen molar-refractivity contribution in [2.45, 2.75) is 45.4 Å². The van der Waals surface area contributed by atoms with Crippen LogP contribution in [0.3, 0.4) is 0 Å². The van der Waals surface area contributed by atoms with Gasteiger partial charge in [0.15, 0.2) is 0 Å². The van der Waals surface area contributed by atoms with E-state index in [1.165, 1.54) is 36.8 Å². The maximum absolute atomic E-state index is 2.51. The Balaban J connectivity index is 1.88. The second kappa shape index (κ2) is 4.73. The van der Waals surface area contributed by atoms with Crippen molar-refractivity contribution >= 4 is 0 Å². The molecule has 0 nitrogen and oxygen atoms in total. The lowest BCUT2D eigenvalue weighted by atomic mass is 9.65. The molecule has 108 valence electrons. The molecule has 0 bridgehead atoms. The molecule has 2 aromatic rings. The van der Waals surface area contributed by atoms with Crippen LogP contribution in [0, 0.1) is 11.3 Å². The normalized spacial score (nSPS) is 18.8. The van der Waals surface area contributed by atoms with Gasteiger partial charge in [0.25, 0.3) is 0 Å². The molecule has 2 aliphatic rings. The highest BCUT2D eigenvalue weighted by atomic mass is 14.5. The zero-order valence-electron chi connectivity index (χ0n) is 13.1. The van der Waals surface area contributed by atoms with Gasteiger partial charge >= 0.3 is 0 Å². The van der Waals surface area contributed by atoms with Gasteiger partial charge in [-0.3, -0.25) is 0 Å². The summed E-state index contributed by atoms with van der Waals surface area (Å²) in [5.74, 6) is 1.43. The van der Waals surface area contributed by atoms with E-state index in [1.54, 1.807) is 11.1 Å². The van der Waals surface area contributed by atoms with Crippen molar-refractivity contribution in [1.82, 2.24) is 0 Å². The summed E-state index contributed by atoms with van der Waals surface area (Å²) in [5.41, 5.74) is 6.37. The van der Waals surface area contributed by atoms with Gasteiger partial charge < -0.3 is 0 Å². The molecule has 2 aromatic carbocycles. The van der Waals surface area contributed by atoms with Crippen molar-refractivity contribution in [3.8, 4) is 11.1 Å². The summed E-state index contributed by atoms with van der Waals surface area (Å²) < 4.78 is 0. The largest absolute Gasteiger partial charge is 0.0619 e. The van der Waals surface area contributed by atoms with E-state index in [9.17, 15) is 0 Å². The molecule has 2 aliphatic carbocycles. The zero-order valence-corrected chi connectivity index (χ0v) is 13.1. The van der Waals surface area contributed by atoms with Gasteiger partial charge in [0, 0.05) is 5.92 Å². The molecule has 0 unspecified atom stereocenters. The molecular formula is C21H24. The molecule has 0 amide bonds. The Bertz CT molecular complexity index is 614. The molecule has 1 saturated carbocycles. The number of rotatable bonds is 2. The Hall–Kier alpha value is -1.56. The number of fused-ring (bicyclic) bond motifs is 3. The lowest BCUT2D eigenvalue weighted by Crippen LogP contribution is -2.29. The smallest absolute Gasteiger partial charge is 0.0155 e. The van der Waals surface area contributed by atoms with Crippen LogP contribution in [0.1, 0.15) is 56.6 Å². The van der Waals surface area contributed by atoms with Crippen molar-refractivity contribution < 1.29 is 0 Å². The molecule has 4 rings (SSSR count). The summed E-state index contributed by atoms with van der Waals surface area (Å²) in [6.07, 6.45) is 5.66. The fourth-order valence-corrected chi connectivity index (χ4v) is 4.86. The number of hydrogen-bond donors (Lipinski definition) is 0. The van der Waals surface area contributed by atoms with Gasteiger partial charge in [-0.05, 0) is 46.4 Å². The van der Waals surface area contributed by atoms with Crippen molar-refractivity contribution in [3.05, 3.63) is 59.7 Å². The predicted molar refractivity (Wildman–Crippen MR) is 89.5 cm³/mol. The Morgan fingerprint density at radius 2 is 1.24 bits per heavy atom. The zero-order chi connectivity index (χ0) is 14.4. The molecule has 1 fully saturated rings. The third-order valence-electron chi connectivity index (χ3n) is 5.99. The highest BCUT2D eigenvalue weighted by Gasteiger charge is 2.44. The van der Waals surface area contributed by atoms with Crippen LogP contribution >= 0.6 is 0 Å². The van der Waals surface area contributed by atoms with E-state index >= 15 is 0 Å². The van der Waals surface area contributed by atoms with Crippen LogP contribution in [-0.2, 0) is 0 Å².